The fraction of sp³-hybridized carbons (Fsp3) is 0.286. The summed E-state index contributed by atoms with van der Waals surface area (Å²) in [4.78, 5) is 5.33. The lowest BCUT2D eigenvalue weighted by molar-refractivity contribution is 0.163. The predicted octanol–water partition coefficient (Wildman–Crippen LogP) is 7.77. The molecule has 0 radical (unpaired) electrons. The Morgan fingerprint density at radius 2 is 1.82 bits per heavy atom. The van der Waals surface area contributed by atoms with Crippen molar-refractivity contribution in [2.75, 3.05) is 0 Å². The highest BCUT2D eigenvalue weighted by Gasteiger charge is 2.26. The Kier molecular flexibility index (Phi) is 7.98. The van der Waals surface area contributed by atoms with Crippen LogP contribution in [0.15, 0.2) is 66.1 Å². The molecule has 2 aromatic carbocycles. The van der Waals surface area contributed by atoms with Crippen molar-refractivity contribution in [3.8, 4) is 5.75 Å². The van der Waals surface area contributed by atoms with E-state index >= 15 is 0 Å². The van der Waals surface area contributed by atoms with Gasteiger partial charge in [-0.1, -0.05) is 59.9 Å². The molecule has 0 amide bonds. The number of hydrogen-bond acceptors (Lipinski definition) is 3. The number of nitrogens with zero attached hydrogens (tertiary/aromatic N) is 2. The van der Waals surface area contributed by atoms with Crippen LogP contribution < -0.4 is 4.74 Å². The monoisotopic (exact) mass is 454 g/mol. The van der Waals surface area contributed by atoms with E-state index in [1.807, 2.05) is 42.9 Å². The van der Waals surface area contributed by atoms with Crippen LogP contribution in [0.25, 0.3) is 0 Å². The molecule has 2 atom stereocenters. The smallest absolute Gasteiger partial charge is 0.138 e. The van der Waals surface area contributed by atoms with Gasteiger partial charge in [0.25, 0.3) is 0 Å². The number of imidazole rings is 1. The number of aromatic nitrogens is 2. The zero-order valence-corrected chi connectivity index (χ0v) is 18.5. The van der Waals surface area contributed by atoms with Crippen LogP contribution in [0.4, 0.5) is 0 Å². The van der Waals surface area contributed by atoms with Gasteiger partial charge in [0.2, 0.25) is 0 Å². The highest BCUT2D eigenvalue weighted by molar-refractivity contribution is 7.99. The average molecular weight is 456 g/mol. The molecule has 0 saturated carbocycles. The third-order valence-electron chi connectivity index (χ3n) is 4.22. The van der Waals surface area contributed by atoms with Crippen LogP contribution >= 0.6 is 46.6 Å². The lowest BCUT2D eigenvalue weighted by atomic mass is 10.1. The number of thioether (sulfide) groups is 1. The van der Waals surface area contributed by atoms with Crippen LogP contribution in [0.2, 0.25) is 15.1 Å². The minimum Gasteiger partial charge on any atom is -0.486 e. The Hall–Kier alpha value is -1.33. The molecule has 0 aliphatic rings. The molecule has 148 valence electrons. The van der Waals surface area contributed by atoms with Gasteiger partial charge in [-0.05, 0) is 55.3 Å². The van der Waals surface area contributed by atoms with Gasteiger partial charge >= 0.3 is 0 Å². The third-order valence-corrected chi connectivity index (χ3v) is 6.34. The summed E-state index contributed by atoms with van der Waals surface area (Å²) in [5, 5.41) is 1.80. The van der Waals surface area contributed by atoms with Crippen LogP contribution in [0.1, 0.15) is 31.6 Å². The standard InChI is InChI=1S/C21H21Cl3N2OS/c1-2-3-4-20(27-19-10-7-16(23)13-18(19)24)21(26-12-11-25-14-26)28-17-8-5-15(22)6-9-17/h5-14,20-21H,2-4H2,1H3. The fourth-order valence-electron chi connectivity index (χ4n) is 2.80. The second-order valence-corrected chi connectivity index (χ2v) is 8.82. The molecule has 0 aliphatic heterocycles. The lowest BCUT2D eigenvalue weighted by Gasteiger charge is -2.29. The van der Waals surface area contributed by atoms with E-state index < -0.39 is 0 Å². The van der Waals surface area contributed by atoms with Crippen molar-refractivity contribution in [1.29, 1.82) is 0 Å². The Morgan fingerprint density at radius 3 is 2.46 bits per heavy atom. The normalized spacial score (nSPS) is 13.3. The molecule has 1 aromatic heterocycles. The van der Waals surface area contributed by atoms with Gasteiger partial charge in [0, 0.05) is 27.3 Å². The first-order valence-electron chi connectivity index (χ1n) is 9.08. The first-order chi connectivity index (χ1) is 13.6. The molecular formula is C21H21Cl3N2OS. The Morgan fingerprint density at radius 1 is 1.07 bits per heavy atom. The molecule has 3 rings (SSSR count). The summed E-state index contributed by atoms with van der Waals surface area (Å²) in [6.45, 7) is 2.17. The summed E-state index contributed by atoms with van der Waals surface area (Å²) in [5.41, 5.74) is 0. The fourth-order valence-corrected chi connectivity index (χ4v) is 4.54. The van der Waals surface area contributed by atoms with Crippen molar-refractivity contribution in [2.24, 2.45) is 0 Å². The second-order valence-electron chi connectivity index (χ2n) is 6.35. The first kappa shape index (κ1) is 21.4. The molecule has 0 saturated heterocycles. The van der Waals surface area contributed by atoms with E-state index in [1.54, 1.807) is 30.1 Å². The second kappa shape index (κ2) is 10.4. The number of halogens is 3. The molecular weight excluding hydrogens is 435 g/mol. The first-order valence-corrected chi connectivity index (χ1v) is 11.1. The Balaban J connectivity index is 1.90. The zero-order valence-electron chi connectivity index (χ0n) is 15.4. The van der Waals surface area contributed by atoms with E-state index in [2.05, 4.69) is 16.5 Å². The Bertz CT molecular complexity index is 872. The number of hydrogen-bond donors (Lipinski definition) is 0. The van der Waals surface area contributed by atoms with E-state index in [0.717, 1.165) is 29.2 Å². The highest BCUT2D eigenvalue weighted by Crippen LogP contribution is 2.39. The quantitative estimate of drug-likeness (QED) is 0.308. The van der Waals surface area contributed by atoms with E-state index in [1.165, 1.54) is 0 Å². The molecule has 2 unspecified atom stereocenters. The van der Waals surface area contributed by atoms with Crippen molar-refractivity contribution in [2.45, 2.75) is 42.6 Å². The topological polar surface area (TPSA) is 27.1 Å². The van der Waals surface area contributed by atoms with Crippen LogP contribution in [0, 0.1) is 0 Å². The van der Waals surface area contributed by atoms with Gasteiger partial charge in [0.15, 0.2) is 0 Å². The maximum Gasteiger partial charge on any atom is 0.138 e. The van der Waals surface area contributed by atoms with Crippen molar-refractivity contribution in [3.05, 3.63) is 76.3 Å². The molecule has 0 N–H and O–H groups in total. The van der Waals surface area contributed by atoms with Gasteiger partial charge < -0.3 is 9.30 Å². The molecule has 7 heteroatoms. The van der Waals surface area contributed by atoms with Crippen molar-refractivity contribution >= 4 is 46.6 Å². The summed E-state index contributed by atoms with van der Waals surface area (Å²) in [5.74, 6) is 0.633. The van der Waals surface area contributed by atoms with E-state index in [9.17, 15) is 0 Å². The van der Waals surface area contributed by atoms with Gasteiger partial charge in [0.1, 0.15) is 17.2 Å². The third kappa shape index (κ3) is 5.84. The van der Waals surface area contributed by atoms with Crippen LogP contribution in [-0.4, -0.2) is 15.7 Å². The summed E-state index contributed by atoms with van der Waals surface area (Å²) >= 11 is 20.2. The van der Waals surface area contributed by atoms with Crippen LogP contribution in [0.3, 0.4) is 0 Å². The largest absolute Gasteiger partial charge is 0.486 e. The maximum atomic E-state index is 6.40. The van der Waals surface area contributed by atoms with Crippen molar-refractivity contribution in [1.82, 2.24) is 9.55 Å². The van der Waals surface area contributed by atoms with Crippen molar-refractivity contribution < 1.29 is 4.74 Å². The van der Waals surface area contributed by atoms with E-state index in [-0.39, 0.29) is 11.5 Å². The average Bonchev–Trinajstić information content (AvgIpc) is 3.21. The number of benzene rings is 2. The molecule has 0 fully saturated rings. The van der Waals surface area contributed by atoms with Crippen LogP contribution in [-0.2, 0) is 0 Å². The summed E-state index contributed by atoms with van der Waals surface area (Å²) < 4.78 is 8.47. The highest BCUT2D eigenvalue weighted by atomic mass is 35.5. The van der Waals surface area contributed by atoms with Gasteiger partial charge in [-0.2, -0.15) is 0 Å². The van der Waals surface area contributed by atoms with Gasteiger partial charge in [-0.3, -0.25) is 0 Å². The van der Waals surface area contributed by atoms with Gasteiger partial charge in [-0.25, -0.2) is 4.98 Å². The van der Waals surface area contributed by atoms with E-state index in [4.69, 9.17) is 39.5 Å². The molecule has 3 aromatic rings. The number of rotatable bonds is 9. The molecule has 0 bridgehead atoms. The molecule has 0 aliphatic carbocycles. The zero-order chi connectivity index (χ0) is 19.9. The van der Waals surface area contributed by atoms with Crippen molar-refractivity contribution in [3.63, 3.8) is 0 Å². The minimum absolute atomic E-state index is 0.0121. The van der Waals surface area contributed by atoms with Gasteiger partial charge in [-0.15, -0.1) is 0 Å². The predicted molar refractivity (Wildman–Crippen MR) is 119 cm³/mol. The molecule has 3 nitrogen and oxygen atoms in total. The van der Waals surface area contributed by atoms with E-state index in [0.29, 0.717) is 15.8 Å². The lowest BCUT2D eigenvalue weighted by Crippen LogP contribution is -2.27. The Labute approximate surface area is 185 Å². The molecule has 28 heavy (non-hydrogen) atoms. The minimum atomic E-state index is -0.103. The molecule has 0 spiro atoms. The maximum absolute atomic E-state index is 6.40. The number of unbranched alkanes of at least 4 members (excludes halogenated alkanes) is 1. The van der Waals surface area contributed by atoms with Gasteiger partial charge in [0.05, 0.1) is 11.3 Å². The molecule has 1 heterocycles. The SMILES string of the molecule is CCCCC(Oc1ccc(Cl)cc1Cl)C(Sc1ccc(Cl)cc1)n1ccnc1. The van der Waals surface area contributed by atoms with Crippen LogP contribution in [0.5, 0.6) is 5.75 Å². The summed E-state index contributed by atoms with van der Waals surface area (Å²) in [6, 6.07) is 13.1. The summed E-state index contributed by atoms with van der Waals surface area (Å²) in [7, 11) is 0. The number of ether oxygens (including phenoxy) is 1. The summed E-state index contributed by atoms with van der Waals surface area (Å²) in [6.07, 6.45) is 8.46.